The number of aliphatic hydroxyl groups is 1. The molecular formula is C8H14BNO3. The Labute approximate surface area is 78.3 Å². The van der Waals surface area contributed by atoms with Crippen molar-refractivity contribution in [1.82, 2.24) is 5.16 Å². The second-order valence-corrected chi connectivity index (χ2v) is 2.90. The van der Waals surface area contributed by atoms with Gasteiger partial charge in [0.1, 0.15) is 6.61 Å². The lowest BCUT2D eigenvalue weighted by Gasteiger charge is -2.00. The van der Waals surface area contributed by atoms with E-state index in [1.165, 1.54) is 0 Å². The summed E-state index contributed by atoms with van der Waals surface area (Å²) in [5.41, 5.74) is 0.790. The van der Waals surface area contributed by atoms with E-state index in [9.17, 15) is 0 Å². The molecule has 1 rings (SSSR count). The second-order valence-electron chi connectivity index (χ2n) is 2.90. The van der Waals surface area contributed by atoms with Gasteiger partial charge in [0.2, 0.25) is 5.88 Å². The SMILES string of the molecule is Bc1c(OCCCC)noc1CO. The zero-order chi connectivity index (χ0) is 9.68. The Morgan fingerprint density at radius 1 is 1.62 bits per heavy atom. The van der Waals surface area contributed by atoms with Gasteiger partial charge in [0.15, 0.2) is 13.6 Å². The number of hydrogen-bond acceptors (Lipinski definition) is 4. The van der Waals surface area contributed by atoms with E-state index in [0.717, 1.165) is 18.3 Å². The molecule has 0 aromatic carbocycles. The maximum Gasteiger partial charge on any atom is 0.247 e. The first-order valence-corrected chi connectivity index (χ1v) is 4.48. The minimum absolute atomic E-state index is 0.129. The third-order valence-electron chi connectivity index (χ3n) is 1.86. The number of hydrogen-bond donors (Lipinski definition) is 1. The fourth-order valence-corrected chi connectivity index (χ4v) is 0.948. The topological polar surface area (TPSA) is 55.5 Å². The molecule has 72 valence electrons. The number of aliphatic hydroxyl groups excluding tert-OH is 1. The second kappa shape index (κ2) is 4.92. The van der Waals surface area contributed by atoms with Gasteiger partial charge in [-0.2, -0.15) is 0 Å². The highest BCUT2D eigenvalue weighted by Crippen LogP contribution is 2.07. The highest BCUT2D eigenvalue weighted by atomic mass is 16.5. The Kier molecular flexibility index (Phi) is 3.83. The summed E-state index contributed by atoms with van der Waals surface area (Å²) < 4.78 is 10.2. The highest BCUT2D eigenvalue weighted by molar-refractivity contribution is 6.34. The minimum Gasteiger partial charge on any atom is -0.476 e. The molecule has 0 spiro atoms. The first-order chi connectivity index (χ1) is 6.29. The average molecular weight is 183 g/mol. The Morgan fingerprint density at radius 2 is 2.38 bits per heavy atom. The van der Waals surface area contributed by atoms with Crippen molar-refractivity contribution in [3.8, 4) is 5.88 Å². The molecule has 0 aliphatic heterocycles. The zero-order valence-electron chi connectivity index (χ0n) is 8.04. The van der Waals surface area contributed by atoms with Gasteiger partial charge in [-0.15, -0.1) is 0 Å². The summed E-state index contributed by atoms with van der Waals surface area (Å²) in [6.07, 6.45) is 2.09. The standard InChI is InChI=1S/C8H14BNO3/c1-2-3-4-12-8-7(9)6(5-11)13-10-8/h11H,2-5,9H2,1H3. The van der Waals surface area contributed by atoms with E-state index in [0.29, 0.717) is 18.2 Å². The van der Waals surface area contributed by atoms with Crippen LogP contribution in [0, 0.1) is 0 Å². The molecule has 13 heavy (non-hydrogen) atoms. The van der Waals surface area contributed by atoms with Crippen LogP contribution in [-0.4, -0.2) is 24.7 Å². The fourth-order valence-electron chi connectivity index (χ4n) is 0.948. The molecule has 4 nitrogen and oxygen atoms in total. The largest absolute Gasteiger partial charge is 0.476 e. The number of aromatic nitrogens is 1. The Morgan fingerprint density at radius 3 is 2.92 bits per heavy atom. The van der Waals surface area contributed by atoms with Crippen LogP contribution in [-0.2, 0) is 6.61 Å². The van der Waals surface area contributed by atoms with Crippen LogP contribution < -0.4 is 10.2 Å². The van der Waals surface area contributed by atoms with Gasteiger partial charge in [0.25, 0.3) is 0 Å². The molecule has 0 unspecified atom stereocenters. The van der Waals surface area contributed by atoms with Crippen molar-refractivity contribution in [2.75, 3.05) is 6.61 Å². The molecule has 0 bridgehead atoms. The van der Waals surface area contributed by atoms with Crippen LogP contribution in [0.25, 0.3) is 0 Å². The predicted molar refractivity (Wildman–Crippen MR) is 51.0 cm³/mol. The normalized spacial score (nSPS) is 10.3. The van der Waals surface area contributed by atoms with E-state index < -0.39 is 0 Å². The van der Waals surface area contributed by atoms with E-state index in [1.807, 2.05) is 7.85 Å². The quantitative estimate of drug-likeness (QED) is 0.498. The van der Waals surface area contributed by atoms with E-state index in [1.54, 1.807) is 0 Å². The van der Waals surface area contributed by atoms with E-state index >= 15 is 0 Å². The first-order valence-electron chi connectivity index (χ1n) is 4.48. The lowest BCUT2D eigenvalue weighted by Crippen LogP contribution is -2.11. The smallest absolute Gasteiger partial charge is 0.247 e. The molecule has 0 saturated carbocycles. The molecule has 1 heterocycles. The maximum absolute atomic E-state index is 8.81. The lowest BCUT2D eigenvalue weighted by molar-refractivity contribution is 0.222. The van der Waals surface area contributed by atoms with Crippen LogP contribution in [0.3, 0.4) is 0 Å². The van der Waals surface area contributed by atoms with Crippen LogP contribution in [0.4, 0.5) is 0 Å². The van der Waals surface area contributed by atoms with Gasteiger partial charge in [0, 0.05) is 5.46 Å². The van der Waals surface area contributed by atoms with Gasteiger partial charge in [0.05, 0.1) is 6.61 Å². The van der Waals surface area contributed by atoms with Gasteiger partial charge in [-0.1, -0.05) is 13.3 Å². The third kappa shape index (κ3) is 2.49. The average Bonchev–Trinajstić information content (AvgIpc) is 2.48. The van der Waals surface area contributed by atoms with Crippen molar-refractivity contribution in [1.29, 1.82) is 0 Å². The molecule has 0 saturated heterocycles. The summed E-state index contributed by atoms with van der Waals surface area (Å²) in [7, 11) is 1.82. The van der Waals surface area contributed by atoms with Crippen molar-refractivity contribution in [3.05, 3.63) is 5.76 Å². The number of ether oxygens (including phenoxy) is 1. The molecule has 0 amide bonds. The van der Waals surface area contributed by atoms with Gasteiger partial charge < -0.3 is 14.4 Å². The van der Waals surface area contributed by atoms with E-state index in [2.05, 4.69) is 12.1 Å². The summed E-state index contributed by atoms with van der Waals surface area (Å²) in [4.78, 5) is 0. The van der Waals surface area contributed by atoms with Crippen molar-refractivity contribution < 1.29 is 14.4 Å². The van der Waals surface area contributed by atoms with Crippen molar-refractivity contribution in [3.63, 3.8) is 0 Å². The molecule has 0 aliphatic rings. The Balaban J connectivity index is 2.51. The molecule has 1 aromatic rings. The summed E-state index contributed by atoms with van der Waals surface area (Å²) >= 11 is 0. The molecule has 1 N–H and O–H groups in total. The number of nitrogens with zero attached hydrogens (tertiary/aromatic N) is 1. The Bertz CT molecular complexity index is 262. The van der Waals surface area contributed by atoms with Crippen LogP contribution in [0.15, 0.2) is 4.52 Å². The first kappa shape index (κ1) is 10.1. The van der Waals surface area contributed by atoms with Crippen molar-refractivity contribution in [2.24, 2.45) is 0 Å². The van der Waals surface area contributed by atoms with Crippen LogP contribution in [0.1, 0.15) is 25.5 Å². The van der Waals surface area contributed by atoms with Gasteiger partial charge >= 0.3 is 0 Å². The van der Waals surface area contributed by atoms with Gasteiger partial charge in [-0.05, 0) is 11.6 Å². The molecule has 1 aromatic heterocycles. The van der Waals surface area contributed by atoms with Crippen molar-refractivity contribution >= 4 is 13.3 Å². The number of unbranched alkanes of at least 4 members (excludes halogenated alkanes) is 1. The zero-order valence-corrected chi connectivity index (χ0v) is 8.04. The summed E-state index contributed by atoms with van der Waals surface area (Å²) in [5, 5.41) is 12.5. The lowest BCUT2D eigenvalue weighted by atomic mass is 9.97. The minimum atomic E-state index is -0.129. The van der Waals surface area contributed by atoms with Crippen molar-refractivity contribution in [2.45, 2.75) is 26.4 Å². The summed E-state index contributed by atoms with van der Waals surface area (Å²) in [6, 6.07) is 0. The summed E-state index contributed by atoms with van der Waals surface area (Å²) in [6.45, 7) is 2.61. The maximum atomic E-state index is 8.81. The monoisotopic (exact) mass is 183 g/mol. The van der Waals surface area contributed by atoms with Gasteiger partial charge in [-0.3, -0.25) is 0 Å². The third-order valence-corrected chi connectivity index (χ3v) is 1.86. The molecule has 5 heteroatoms. The van der Waals surface area contributed by atoms with E-state index in [-0.39, 0.29) is 6.61 Å². The molecule has 0 aliphatic carbocycles. The number of rotatable bonds is 5. The molecule has 0 fully saturated rings. The summed E-state index contributed by atoms with van der Waals surface area (Å²) in [5.74, 6) is 0.976. The van der Waals surface area contributed by atoms with E-state index in [4.69, 9.17) is 14.4 Å². The molecular weight excluding hydrogens is 169 g/mol. The predicted octanol–water partition coefficient (Wildman–Crippen LogP) is -0.396. The van der Waals surface area contributed by atoms with Crippen LogP contribution >= 0.6 is 0 Å². The molecule has 0 radical (unpaired) electrons. The van der Waals surface area contributed by atoms with Crippen LogP contribution in [0.2, 0.25) is 0 Å². The highest BCUT2D eigenvalue weighted by Gasteiger charge is 2.10. The van der Waals surface area contributed by atoms with Gasteiger partial charge in [-0.25, -0.2) is 0 Å². The fraction of sp³-hybridized carbons (Fsp3) is 0.625. The molecule has 0 atom stereocenters. The van der Waals surface area contributed by atoms with Crippen LogP contribution in [0.5, 0.6) is 5.88 Å². The Hall–Kier alpha value is -0.965.